The van der Waals surface area contributed by atoms with Crippen LogP contribution in [-0.4, -0.2) is 79.8 Å². The Morgan fingerprint density at radius 1 is 0.750 bits per heavy atom. The summed E-state index contributed by atoms with van der Waals surface area (Å²) < 4.78 is 0. The Kier molecular flexibility index (Phi) is 19.7. The van der Waals surface area contributed by atoms with E-state index in [4.69, 9.17) is 38.4 Å². The van der Waals surface area contributed by atoms with E-state index in [1.807, 2.05) is 0 Å². The third kappa shape index (κ3) is 284. The van der Waals surface area contributed by atoms with E-state index < -0.39 is 18.1 Å². The molecule has 0 bridgehead atoms. The molecule has 8 nitrogen and oxygen atoms in total. The minimum Gasteiger partial charge on any atom is -0.861 e. The van der Waals surface area contributed by atoms with Gasteiger partial charge in [0.1, 0.15) is 0 Å². The molecule has 5 N–H and O–H groups in total. The molecule has 0 aliphatic rings. The molecule has 0 aliphatic carbocycles. The van der Waals surface area contributed by atoms with E-state index in [0.29, 0.717) is 0 Å². The number of rotatable bonds is 0. The minimum absolute atomic E-state index is 0. The molecule has 0 saturated carbocycles. The van der Waals surface area contributed by atoms with Crippen molar-refractivity contribution in [1.29, 1.82) is 0 Å². The second-order valence-electron chi connectivity index (χ2n) is 1.12. The predicted molar refractivity (Wildman–Crippen MR) is 28.4 cm³/mol. The molecule has 0 aromatic rings. The van der Waals surface area contributed by atoms with Crippen molar-refractivity contribution in [1.82, 2.24) is 0 Å². The van der Waals surface area contributed by atoms with Crippen LogP contribution in [0.5, 0.6) is 0 Å². The minimum atomic E-state index is -5.36. The van der Waals surface area contributed by atoms with Gasteiger partial charge in [0, 0.05) is 0 Å². The van der Waals surface area contributed by atoms with Crippen molar-refractivity contribution < 1.29 is 67.9 Å². The summed E-state index contributed by atoms with van der Waals surface area (Å²) in [5.41, 5.74) is 0. The van der Waals surface area contributed by atoms with E-state index in [2.05, 4.69) is 0 Å². The second-order valence-corrected chi connectivity index (χ2v) is 3.37. The summed E-state index contributed by atoms with van der Waals surface area (Å²) in [4.78, 5) is 62.4. The van der Waals surface area contributed by atoms with Gasteiger partial charge in [0.05, 0.1) is 0 Å². The smallest absolute Gasteiger partial charge is 0.861 e. The Labute approximate surface area is 122 Å². The quantitative estimate of drug-likeness (QED) is 0.264. The Hall–Kier alpha value is 2.37. The van der Waals surface area contributed by atoms with Crippen LogP contribution < -0.4 is 43.9 Å². The molecule has 0 rings (SSSR count). The Morgan fingerprint density at radius 2 is 0.750 bits per heavy atom. The topological polar surface area (TPSA) is 170 Å². The first-order valence-corrected chi connectivity index (χ1v) is 5.19. The molecule has 0 fully saturated rings. The fraction of sp³-hybridized carbons (Fsp3) is 0. The third-order valence-corrected chi connectivity index (χ3v) is 0. The standard InChI is InChI=1S/Ca.Na.H4O4Si.HO4Si/c;;2*1-5(2,3)4/h;;1-4H;1H/q+2;+1;;-3. The molecule has 0 aromatic carbocycles. The number of hydrogen-bond donors (Lipinski definition) is 5. The Morgan fingerprint density at radius 3 is 0.750 bits per heavy atom. The molecule has 0 heterocycles. The van der Waals surface area contributed by atoms with Crippen LogP contribution in [0.2, 0.25) is 0 Å². The fourth-order valence-electron chi connectivity index (χ4n) is 0. The Bertz CT molecular complexity index is 60.0. The molecule has 64 valence electrons. The fourth-order valence-corrected chi connectivity index (χ4v) is 0. The SMILES string of the molecule is O[Si](O)(O)O.[Ca+2].[Na+].[O-][Si]([O-])([O-])O. The van der Waals surface area contributed by atoms with Crippen LogP contribution in [0.4, 0.5) is 0 Å². The molecule has 0 aliphatic heterocycles. The van der Waals surface area contributed by atoms with Crippen molar-refractivity contribution in [2.45, 2.75) is 0 Å². The zero-order valence-corrected chi connectivity index (χ0v) is 12.4. The first-order valence-electron chi connectivity index (χ1n) is 1.73. The van der Waals surface area contributed by atoms with Gasteiger partial charge in [-0.15, -0.1) is 9.05 Å². The summed E-state index contributed by atoms with van der Waals surface area (Å²) in [6.07, 6.45) is 0. The van der Waals surface area contributed by atoms with Gasteiger partial charge in [-0.3, -0.25) is 0 Å². The van der Waals surface area contributed by atoms with Crippen LogP contribution in [0.15, 0.2) is 0 Å². The van der Waals surface area contributed by atoms with E-state index in [0.717, 1.165) is 0 Å². The first-order chi connectivity index (χ1) is 4.00. The predicted octanol–water partition coefficient (Wildman–Crippen LogP) is -10.5. The largest absolute Gasteiger partial charge is 2.00 e. The van der Waals surface area contributed by atoms with Crippen molar-refractivity contribution in [2.24, 2.45) is 0 Å². The van der Waals surface area contributed by atoms with Gasteiger partial charge in [-0.2, -0.15) is 0 Å². The van der Waals surface area contributed by atoms with E-state index in [9.17, 15) is 0 Å². The molecule has 0 radical (unpaired) electrons. The summed E-state index contributed by atoms with van der Waals surface area (Å²) in [5.74, 6) is 0. The first kappa shape index (κ1) is 23.9. The molecule has 12 heteroatoms. The molecule has 12 heavy (non-hydrogen) atoms. The van der Waals surface area contributed by atoms with Crippen LogP contribution in [0.25, 0.3) is 0 Å². The maximum absolute atomic E-state index is 8.69. The normalized spacial score (nSPS) is 10.0. The molecule has 0 unspecified atom stereocenters. The van der Waals surface area contributed by atoms with Gasteiger partial charge in [-0.1, -0.05) is 0 Å². The van der Waals surface area contributed by atoms with Crippen LogP contribution in [0.1, 0.15) is 0 Å². The molecular weight excluding hydrogens is 247 g/mol. The zero-order valence-electron chi connectivity index (χ0n) is 6.17. The van der Waals surface area contributed by atoms with Crippen molar-refractivity contribution in [3.63, 3.8) is 0 Å². The molecular formula is H5CaNaO8Si2. The van der Waals surface area contributed by atoms with Gasteiger partial charge in [-0.25, -0.2) is 0 Å². The average Bonchev–Trinajstić information content (AvgIpc) is 1.12. The van der Waals surface area contributed by atoms with Crippen LogP contribution in [-0.2, 0) is 0 Å². The zero-order chi connectivity index (χ0) is 9.00. The van der Waals surface area contributed by atoms with E-state index in [1.54, 1.807) is 0 Å². The van der Waals surface area contributed by atoms with E-state index in [-0.39, 0.29) is 67.3 Å². The van der Waals surface area contributed by atoms with Gasteiger partial charge in [0.2, 0.25) is 0 Å². The van der Waals surface area contributed by atoms with Gasteiger partial charge in [0.25, 0.3) is 0 Å². The summed E-state index contributed by atoms with van der Waals surface area (Å²) >= 11 is 0. The average molecular weight is 252 g/mol. The van der Waals surface area contributed by atoms with Gasteiger partial charge < -0.3 is 38.4 Å². The molecule has 0 amide bonds. The monoisotopic (exact) mass is 252 g/mol. The van der Waals surface area contributed by atoms with Crippen molar-refractivity contribution in [3.8, 4) is 0 Å². The summed E-state index contributed by atoms with van der Waals surface area (Å²) in [5, 5.41) is 0. The van der Waals surface area contributed by atoms with Gasteiger partial charge >= 0.3 is 76.3 Å². The van der Waals surface area contributed by atoms with E-state index in [1.165, 1.54) is 0 Å². The summed E-state index contributed by atoms with van der Waals surface area (Å²) in [7, 11) is -9.97. The van der Waals surface area contributed by atoms with Crippen molar-refractivity contribution in [3.05, 3.63) is 0 Å². The Balaban J connectivity index is -0.0000000457. The maximum Gasteiger partial charge on any atom is 2.00 e. The third-order valence-electron chi connectivity index (χ3n) is 0. The van der Waals surface area contributed by atoms with Crippen LogP contribution in [0, 0.1) is 0 Å². The van der Waals surface area contributed by atoms with Crippen molar-refractivity contribution >= 4 is 55.8 Å². The molecule has 0 spiro atoms. The van der Waals surface area contributed by atoms with Gasteiger partial charge in [0.15, 0.2) is 0 Å². The maximum atomic E-state index is 8.69. The van der Waals surface area contributed by atoms with E-state index >= 15 is 0 Å². The molecule has 0 saturated heterocycles. The number of hydrogen-bond acceptors (Lipinski definition) is 8. The summed E-state index contributed by atoms with van der Waals surface area (Å²) in [6, 6.07) is 0. The van der Waals surface area contributed by atoms with Crippen molar-refractivity contribution in [2.75, 3.05) is 0 Å². The van der Waals surface area contributed by atoms with Gasteiger partial charge in [-0.05, 0) is 0 Å². The van der Waals surface area contributed by atoms with Crippen LogP contribution >= 0.6 is 0 Å². The van der Waals surface area contributed by atoms with Crippen LogP contribution in [0.3, 0.4) is 0 Å². The summed E-state index contributed by atoms with van der Waals surface area (Å²) in [6.45, 7) is 0. The molecule has 0 atom stereocenters. The second kappa shape index (κ2) is 9.91. The molecule has 0 aromatic heterocycles.